The van der Waals surface area contributed by atoms with Crippen LogP contribution in [-0.2, 0) is 7.05 Å². The first-order valence-electron chi connectivity index (χ1n) is 3.98. The third-order valence-electron chi connectivity index (χ3n) is 1.96. The number of halogens is 1. The van der Waals surface area contributed by atoms with E-state index in [2.05, 4.69) is 16.9 Å². The lowest BCUT2D eigenvalue weighted by Gasteiger charge is -2.16. The molecule has 12 heavy (non-hydrogen) atoms. The number of aromatic nitrogens is 2. The minimum Gasteiger partial charge on any atom is -0.359 e. The molecule has 0 N–H and O–H groups in total. The number of hydrogen-bond acceptors (Lipinski definition) is 2. The van der Waals surface area contributed by atoms with E-state index in [1.807, 2.05) is 21.0 Å². The van der Waals surface area contributed by atoms with Crippen LogP contribution in [0.2, 0.25) is 5.02 Å². The molecule has 0 spiro atoms. The summed E-state index contributed by atoms with van der Waals surface area (Å²) in [5.41, 5.74) is 0.884. The van der Waals surface area contributed by atoms with Crippen molar-refractivity contribution in [3.05, 3.63) is 10.7 Å². The van der Waals surface area contributed by atoms with E-state index in [9.17, 15) is 0 Å². The Morgan fingerprint density at radius 2 is 2.17 bits per heavy atom. The van der Waals surface area contributed by atoms with Crippen LogP contribution in [0.15, 0.2) is 0 Å². The molecule has 0 fully saturated rings. The van der Waals surface area contributed by atoms with E-state index >= 15 is 0 Å². The summed E-state index contributed by atoms with van der Waals surface area (Å²) in [6, 6.07) is 0. The average Bonchev–Trinajstić information content (AvgIpc) is 2.26. The standard InChI is InChI=1S/C8H14ClN3/c1-5-11(3)8-7(9)6(2)10-12(8)4/h5H2,1-4H3. The monoisotopic (exact) mass is 187 g/mol. The molecule has 68 valence electrons. The van der Waals surface area contributed by atoms with Gasteiger partial charge < -0.3 is 4.90 Å². The lowest BCUT2D eigenvalue weighted by atomic mass is 10.4. The Morgan fingerprint density at radius 1 is 1.58 bits per heavy atom. The van der Waals surface area contributed by atoms with Crippen LogP contribution in [0.5, 0.6) is 0 Å². The highest BCUT2D eigenvalue weighted by atomic mass is 35.5. The summed E-state index contributed by atoms with van der Waals surface area (Å²) in [7, 11) is 3.91. The van der Waals surface area contributed by atoms with E-state index in [4.69, 9.17) is 11.6 Å². The number of anilines is 1. The van der Waals surface area contributed by atoms with Crippen molar-refractivity contribution < 1.29 is 0 Å². The highest BCUT2D eigenvalue weighted by Crippen LogP contribution is 2.26. The van der Waals surface area contributed by atoms with Gasteiger partial charge in [-0.2, -0.15) is 5.10 Å². The van der Waals surface area contributed by atoms with Crippen LogP contribution >= 0.6 is 11.6 Å². The fourth-order valence-electron chi connectivity index (χ4n) is 1.18. The Hall–Kier alpha value is -0.700. The predicted molar refractivity (Wildman–Crippen MR) is 51.9 cm³/mol. The normalized spacial score (nSPS) is 10.4. The van der Waals surface area contributed by atoms with Gasteiger partial charge in [0.25, 0.3) is 0 Å². The van der Waals surface area contributed by atoms with Gasteiger partial charge in [0, 0.05) is 20.6 Å². The summed E-state index contributed by atoms with van der Waals surface area (Å²) in [6.07, 6.45) is 0. The Labute approximate surface area is 77.9 Å². The van der Waals surface area contributed by atoms with Crippen LogP contribution in [0.1, 0.15) is 12.6 Å². The summed E-state index contributed by atoms with van der Waals surface area (Å²) in [6.45, 7) is 4.92. The predicted octanol–water partition coefficient (Wildman–Crippen LogP) is 1.84. The van der Waals surface area contributed by atoms with Gasteiger partial charge in [0.05, 0.1) is 5.69 Å². The maximum absolute atomic E-state index is 6.06. The molecular weight excluding hydrogens is 174 g/mol. The minimum absolute atomic E-state index is 0.752. The zero-order valence-corrected chi connectivity index (χ0v) is 8.68. The highest BCUT2D eigenvalue weighted by Gasteiger charge is 2.13. The Bertz CT molecular complexity index is 280. The first-order chi connectivity index (χ1) is 5.57. The van der Waals surface area contributed by atoms with Crippen molar-refractivity contribution in [2.45, 2.75) is 13.8 Å². The van der Waals surface area contributed by atoms with Gasteiger partial charge in [-0.05, 0) is 13.8 Å². The second-order valence-electron chi connectivity index (χ2n) is 2.86. The van der Waals surface area contributed by atoms with Gasteiger partial charge in [0.15, 0.2) is 0 Å². The first-order valence-corrected chi connectivity index (χ1v) is 4.36. The van der Waals surface area contributed by atoms with Crippen LogP contribution in [0.3, 0.4) is 0 Å². The SMILES string of the molecule is CCN(C)c1c(Cl)c(C)nn1C. The molecule has 3 nitrogen and oxygen atoms in total. The molecule has 0 aliphatic carbocycles. The average molecular weight is 188 g/mol. The van der Waals surface area contributed by atoms with Crippen LogP contribution in [-0.4, -0.2) is 23.4 Å². The number of hydrogen-bond donors (Lipinski definition) is 0. The molecule has 0 bridgehead atoms. The Kier molecular flexibility index (Phi) is 2.62. The van der Waals surface area contributed by atoms with Crippen molar-refractivity contribution in [1.82, 2.24) is 9.78 Å². The van der Waals surface area contributed by atoms with Gasteiger partial charge in [-0.1, -0.05) is 11.6 Å². The lowest BCUT2D eigenvalue weighted by Crippen LogP contribution is -2.19. The zero-order chi connectivity index (χ0) is 9.30. The Balaban J connectivity index is 3.13. The van der Waals surface area contributed by atoms with Crippen molar-refractivity contribution in [3.63, 3.8) is 0 Å². The van der Waals surface area contributed by atoms with Crippen LogP contribution in [0, 0.1) is 6.92 Å². The fraction of sp³-hybridized carbons (Fsp3) is 0.625. The molecular formula is C8H14ClN3. The van der Waals surface area contributed by atoms with E-state index in [-0.39, 0.29) is 0 Å². The number of nitrogens with zero attached hydrogens (tertiary/aromatic N) is 3. The third-order valence-corrected chi connectivity index (χ3v) is 2.40. The van der Waals surface area contributed by atoms with Gasteiger partial charge in [0.2, 0.25) is 0 Å². The van der Waals surface area contributed by atoms with E-state index < -0.39 is 0 Å². The molecule has 1 aromatic rings. The smallest absolute Gasteiger partial charge is 0.145 e. The second-order valence-corrected chi connectivity index (χ2v) is 3.24. The summed E-state index contributed by atoms with van der Waals surface area (Å²) >= 11 is 6.06. The molecule has 1 heterocycles. The first kappa shape index (κ1) is 9.39. The molecule has 0 amide bonds. The summed E-state index contributed by atoms with van der Waals surface area (Å²) in [5.74, 6) is 0.983. The van der Waals surface area contributed by atoms with Crippen molar-refractivity contribution in [2.75, 3.05) is 18.5 Å². The molecule has 0 atom stereocenters. The number of aryl methyl sites for hydroxylation is 2. The van der Waals surface area contributed by atoms with Crippen LogP contribution in [0.25, 0.3) is 0 Å². The molecule has 0 saturated heterocycles. The summed E-state index contributed by atoms with van der Waals surface area (Å²) in [4.78, 5) is 2.07. The maximum atomic E-state index is 6.06. The Morgan fingerprint density at radius 3 is 2.50 bits per heavy atom. The van der Waals surface area contributed by atoms with Crippen molar-refractivity contribution in [2.24, 2.45) is 7.05 Å². The zero-order valence-electron chi connectivity index (χ0n) is 7.93. The molecule has 0 aliphatic heterocycles. The molecule has 4 heteroatoms. The quantitative estimate of drug-likeness (QED) is 0.705. The van der Waals surface area contributed by atoms with Gasteiger partial charge in [-0.25, -0.2) is 0 Å². The van der Waals surface area contributed by atoms with Gasteiger partial charge >= 0.3 is 0 Å². The summed E-state index contributed by atoms with van der Waals surface area (Å²) in [5, 5.41) is 4.97. The summed E-state index contributed by atoms with van der Waals surface area (Å²) < 4.78 is 1.81. The number of rotatable bonds is 2. The van der Waals surface area contributed by atoms with E-state index in [0.29, 0.717) is 0 Å². The fourth-order valence-corrected chi connectivity index (χ4v) is 1.49. The minimum atomic E-state index is 0.752. The molecule has 1 aromatic heterocycles. The van der Waals surface area contributed by atoms with Gasteiger partial charge in [-0.3, -0.25) is 4.68 Å². The molecule has 0 aromatic carbocycles. The highest BCUT2D eigenvalue weighted by molar-refractivity contribution is 6.33. The molecule has 1 rings (SSSR count). The van der Waals surface area contributed by atoms with Crippen LogP contribution in [0.4, 0.5) is 5.82 Å². The molecule has 0 unspecified atom stereocenters. The van der Waals surface area contributed by atoms with Gasteiger partial charge in [-0.15, -0.1) is 0 Å². The van der Waals surface area contributed by atoms with E-state index in [0.717, 1.165) is 23.1 Å². The van der Waals surface area contributed by atoms with Crippen LogP contribution < -0.4 is 4.90 Å². The molecule has 0 saturated carbocycles. The topological polar surface area (TPSA) is 21.1 Å². The van der Waals surface area contributed by atoms with Crippen molar-refractivity contribution >= 4 is 17.4 Å². The molecule has 0 aliphatic rings. The molecule has 0 radical (unpaired) electrons. The second kappa shape index (κ2) is 3.35. The largest absolute Gasteiger partial charge is 0.359 e. The van der Waals surface area contributed by atoms with Gasteiger partial charge in [0.1, 0.15) is 10.8 Å². The lowest BCUT2D eigenvalue weighted by molar-refractivity contribution is 0.733. The van der Waals surface area contributed by atoms with E-state index in [1.54, 1.807) is 4.68 Å². The third kappa shape index (κ3) is 1.41. The van der Waals surface area contributed by atoms with Crippen molar-refractivity contribution in [1.29, 1.82) is 0 Å². The van der Waals surface area contributed by atoms with E-state index in [1.165, 1.54) is 0 Å². The van der Waals surface area contributed by atoms with Crippen molar-refractivity contribution in [3.8, 4) is 0 Å². The maximum Gasteiger partial charge on any atom is 0.145 e.